The molecule has 0 aromatic heterocycles. The van der Waals surface area contributed by atoms with Crippen LogP contribution in [0.4, 0.5) is 0 Å². The SMILES string of the molecule is CO[C@H]1O[C@@H]([C@H](O)C(C)(C)O)C[C@H]1[C@@H]1CC=C2[C@]3(C)[C@H](O)C[C@@H]4C(C)(C)[C@H](O)CC[C@]4(C)[C@H]3CC[C@]21C. The van der Waals surface area contributed by atoms with Crippen LogP contribution >= 0.6 is 0 Å². The van der Waals surface area contributed by atoms with Crippen LogP contribution in [0.2, 0.25) is 0 Å². The molecule has 6 heteroatoms. The number of hydrogen-bond donors (Lipinski definition) is 4. The Hall–Kier alpha value is -0.500. The molecule has 0 aromatic carbocycles. The lowest BCUT2D eigenvalue weighted by atomic mass is 9.37. The summed E-state index contributed by atoms with van der Waals surface area (Å²) in [5.41, 5.74) is -0.307. The van der Waals surface area contributed by atoms with Crippen LogP contribution in [-0.2, 0) is 9.47 Å². The quantitative estimate of drug-likeness (QED) is 0.409. The molecule has 0 amide bonds. The van der Waals surface area contributed by atoms with Crippen molar-refractivity contribution in [3.63, 3.8) is 0 Å². The molecule has 0 radical (unpaired) electrons. The summed E-state index contributed by atoms with van der Waals surface area (Å²) in [6, 6.07) is 0. The highest BCUT2D eigenvalue weighted by atomic mass is 16.7. The van der Waals surface area contributed by atoms with Crippen molar-refractivity contribution in [1.82, 2.24) is 0 Å². The summed E-state index contributed by atoms with van der Waals surface area (Å²) >= 11 is 0. The third-order valence-corrected chi connectivity index (χ3v) is 12.7. The predicted molar refractivity (Wildman–Crippen MR) is 142 cm³/mol. The average Bonchev–Trinajstić information content (AvgIpc) is 3.38. The van der Waals surface area contributed by atoms with Gasteiger partial charge in [-0.25, -0.2) is 0 Å². The van der Waals surface area contributed by atoms with Crippen LogP contribution in [0.1, 0.15) is 93.4 Å². The number of methoxy groups -OCH3 is 1. The van der Waals surface area contributed by atoms with Gasteiger partial charge in [0.15, 0.2) is 6.29 Å². The lowest BCUT2D eigenvalue weighted by Gasteiger charge is -2.68. The molecule has 6 nitrogen and oxygen atoms in total. The first-order valence-corrected chi connectivity index (χ1v) is 14.7. The van der Waals surface area contributed by atoms with Crippen molar-refractivity contribution in [3.05, 3.63) is 11.6 Å². The van der Waals surface area contributed by atoms with E-state index in [0.717, 1.165) is 38.5 Å². The van der Waals surface area contributed by atoms with Crippen molar-refractivity contribution in [1.29, 1.82) is 0 Å². The second kappa shape index (κ2) is 8.75. The molecule has 4 fully saturated rings. The number of aliphatic hydroxyl groups excluding tert-OH is 3. The van der Waals surface area contributed by atoms with E-state index in [9.17, 15) is 20.4 Å². The van der Waals surface area contributed by atoms with Gasteiger partial charge in [-0.2, -0.15) is 0 Å². The molecule has 4 aliphatic carbocycles. The Labute approximate surface area is 223 Å². The van der Waals surface area contributed by atoms with E-state index >= 15 is 0 Å². The molecular formula is C31H52O6. The Morgan fingerprint density at radius 1 is 1.00 bits per heavy atom. The van der Waals surface area contributed by atoms with Crippen LogP contribution in [0.3, 0.4) is 0 Å². The number of fused-ring (bicyclic) bond motifs is 5. The summed E-state index contributed by atoms with van der Waals surface area (Å²) in [5, 5.41) is 44.0. The van der Waals surface area contributed by atoms with Crippen LogP contribution in [0.25, 0.3) is 0 Å². The summed E-state index contributed by atoms with van der Waals surface area (Å²) < 4.78 is 12.0. The molecule has 5 rings (SSSR count). The fourth-order valence-corrected chi connectivity index (χ4v) is 10.6. The zero-order valence-corrected chi connectivity index (χ0v) is 24.3. The molecule has 1 saturated heterocycles. The third kappa shape index (κ3) is 3.79. The van der Waals surface area contributed by atoms with Crippen molar-refractivity contribution in [2.75, 3.05) is 7.11 Å². The molecule has 212 valence electrons. The highest BCUT2D eigenvalue weighted by Gasteiger charge is 2.68. The van der Waals surface area contributed by atoms with Gasteiger partial charge >= 0.3 is 0 Å². The summed E-state index contributed by atoms with van der Waals surface area (Å²) in [5.74, 6) is 1.08. The highest BCUT2D eigenvalue weighted by Crippen LogP contribution is 2.73. The smallest absolute Gasteiger partial charge is 0.160 e. The van der Waals surface area contributed by atoms with E-state index in [0.29, 0.717) is 24.2 Å². The lowest BCUT2D eigenvalue weighted by molar-refractivity contribution is -0.214. The van der Waals surface area contributed by atoms with E-state index in [4.69, 9.17) is 9.47 Å². The Morgan fingerprint density at radius 3 is 2.30 bits per heavy atom. The molecular weight excluding hydrogens is 468 g/mol. The Kier molecular flexibility index (Phi) is 6.63. The van der Waals surface area contributed by atoms with Gasteiger partial charge in [0.1, 0.15) is 6.10 Å². The number of allylic oxidation sites excluding steroid dienone is 1. The molecule has 0 spiro atoms. The minimum Gasteiger partial charge on any atom is -0.393 e. The van der Waals surface area contributed by atoms with Gasteiger partial charge in [-0.3, -0.25) is 0 Å². The largest absolute Gasteiger partial charge is 0.393 e. The van der Waals surface area contributed by atoms with Crippen molar-refractivity contribution in [2.24, 2.45) is 45.3 Å². The summed E-state index contributed by atoms with van der Waals surface area (Å²) in [4.78, 5) is 0. The van der Waals surface area contributed by atoms with E-state index < -0.39 is 30.2 Å². The zero-order chi connectivity index (χ0) is 27.3. The molecule has 5 aliphatic rings. The van der Waals surface area contributed by atoms with E-state index in [1.54, 1.807) is 21.0 Å². The highest BCUT2D eigenvalue weighted by molar-refractivity contribution is 5.36. The van der Waals surface area contributed by atoms with E-state index in [1.807, 2.05) is 0 Å². The second-order valence-electron chi connectivity index (χ2n) is 15.2. The number of rotatable bonds is 4. The molecule has 12 atom stereocenters. The molecule has 0 bridgehead atoms. The number of hydrogen-bond acceptors (Lipinski definition) is 6. The van der Waals surface area contributed by atoms with E-state index in [1.165, 1.54) is 5.57 Å². The topological polar surface area (TPSA) is 99.4 Å². The van der Waals surface area contributed by atoms with Crippen LogP contribution < -0.4 is 0 Å². The molecule has 0 aromatic rings. The van der Waals surface area contributed by atoms with Gasteiger partial charge in [-0.15, -0.1) is 0 Å². The summed E-state index contributed by atoms with van der Waals surface area (Å²) in [6.45, 7) is 14.8. The fraction of sp³-hybridized carbons (Fsp3) is 0.935. The van der Waals surface area contributed by atoms with Crippen molar-refractivity contribution in [3.8, 4) is 0 Å². The van der Waals surface area contributed by atoms with Gasteiger partial charge in [0.05, 0.1) is 23.9 Å². The van der Waals surface area contributed by atoms with Gasteiger partial charge in [-0.05, 0) is 92.8 Å². The average molecular weight is 521 g/mol. The minimum atomic E-state index is -1.24. The zero-order valence-electron chi connectivity index (χ0n) is 24.3. The van der Waals surface area contributed by atoms with Gasteiger partial charge in [0, 0.05) is 18.4 Å². The number of ether oxygens (including phenoxy) is 2. The van der Waals surface area contributed by atoms with Crippen LogP contribution in [0.15, 0.2) is 11.6 Å². The first-order valence-electron chi connectivity index (χ1n) is 14.7. The van der Waals surface area contributed by atoms with Crippen molar-refractivity contribution >= 4 is 0 Å². The summed E-state index contributed by atoms with van der Waals surface area (Å²) in [7, 11) is 1.67. The maximum Gasteiger partial charge on any atom is 0.160 e. The van der Waals surface area contributed by atoms with Crippen LogP contribution in [0.5, 0.6) is 0 Å². The van der Waals surface area contributed by atoms with Gasteiger partial charge < -0.3 is 29.9 Å². The van der Waals surface area contributed by atoms with E-state index in [-0.39, 0.29) is 33.7 Å². The Bertz CT molecular complexity index is 923. The standard InChI is InChI=1S/C31H52O6/c1-27(2)22-16-24(33)31(7)20-10-9-18(17-15-19(37-26(17)36-8)25(34)28(3,4)35)29(20,5)13-11-21(31)30(22,6)14-12-23(27)32/h10,17-19,21-26,32-35H,9,11-16H2,1-8H3/t17-,18-,19+,21+,22+,23+,24+,25-,26-,29-,30+,31-/m0/s1. The molecule has 4 N–H and O–H groups in total. The lowest BCUT2D eigenvalue weighted by Crippen LogP contribution is -2.65. The molecule has 37 heavy (non-hydrogen) atoms. The third-order valence-electron chi connectivity index (χ3n) is 12.7. The molecule has 1 aliphatic heterocycles. The van der Waals surface area contributed by atoms with Crippen LogP contribution in [-0.4, -0.2) is 63.8 Å². The molecule has 3 saturated carbocycles. The van der Waals surface area contributed by atoms with Gasteiger partial charge in [0.2, 0.25) is 0 Å². The normalized spacial score (nSPS) is 52.2. The predicted octanol–water partition coefficient (Wildman–Crippen LogP) is 4.43. The van der Waals surface area contributed by atoms with Crippen molar-refractivity contribution in [2.45, 2.75) is 130 Å². The first-order chi connectivity index (χ1) is 17.0. The first kappa shape index (κ1) is 28.0. The van der Waals surface area contributed by atoms with E-state index in [2.05, 4.69) is 40.7 Å². The summed E-state index contributed by atoms with van der Waals surface area (Å²) in [6.07, 6.45) is 6.10. The second-order valence-corrected chi connectivity index (χ2v) is 15.2. The molecule has 0 unspecified atom stereocenters. The maximum atomic E-state index is 11.9. The monoisotopic (exact) mass is 520 g/mol. The molecule has 1 heterocycles. The van der Waals surface area contributed by atoms with Gasteiger partial charge in [0.25, 0.3) is 0 Å². The number of aliphatic hydroxyl groups is 4. The Morgan fingerprint density at radius 2 is 1.68 bits per heavy atom. The minimum absolute atomic E-state index is 0.0709. The van der Waals surface area contributed by atoms with Crippen LogP contribution in [0, 0.1) is 45.3 Å². The fourth-order valence-electron chi connectivity index (χ4n) is 10.6. The Balaban J connectivity index is 1.45. The van der Waals surface area contributed by atoms with Crippen molar-refractivity contribution < 1.29 is 29.9 Å². The van der Waals surface area contributed by atoms with Gasteiger partial charge in [-0.1, -0.05) is 46.3 Å². The maximum absolute atomic E-state index is 11.9.